The fourth-order valence-corrected chi connectivity index (χ4v) is 1.90. The van der Waals surface area contributed by atoms with Crippen LogP contribution in [0.2, 0.25) is 0 Å². The van der Waals surface area contributed by atoms with Gasteiger partial charge in [-0.1, -0.05) is 18.7 Å². The number of nitriles is 1. The minimum Gasteiger partial charge on any atom is -0.379 e. The zero-order valence-electron chi connectivity index (χ0n) is 9.85. The highest BCUT2D eigenvalue weighted by molar-refractivity contribution is 5.65. The molecule has 0 unspecified atom stereocenters. The molecule has 1 heterocycles. The monoisotopic (exact) mass is 228 g/mol. The van der Waals surface area contributed by atoms with E-state index >= 15 is 0 Å². The van der Waals surface area contributed by atoms with E-state index in [-0.39, 0.29) is 0 Å². The molecule has 1 fully saturated rings. The van der Waals surface area contributed by atoms with Gasteiger partial charge in [0.05, 0.1) is 24.8 Å². The van der Waals surface area contributed by atoms with E-state index in [1.54, 1.807) is 0 Å². The Labute approximate surface area is 102 Å². The average Bonchev–Trinajstić information content (AvgIpc) is 2.40. The third kappa shape index (κ3) is 3.16. The summed E-state index contributed by atoms with van der Waals surface area (Å²) in [4.78, 5) is 2.34. The number of rotatable bonds is 3. The second-order valence-electron chi connectivity index (χ2n) is 4.18. The van der Waals surface area contributed by atoms with Crippen molar-refractivity contribution in [3.63, 3.8) is 0 Å². The fourth-order valence-electron chi connectivity index (χ4n) is 1.90. The van der Waals surface area contributed by atoms with Gasteiger partial charge in [0.25, 0.3) is 0 Å². The molecule has 88 valence electrons. The highest BCUT2D eigenvalue weighted by Crippen LogP contribution is 2.15. The minimum atomic E-state index is 0.688. The average molecular weight is 228 g/mol. The van der Waals surface area contributed by atoms with Gasteiger partial charge in [-0.25, -0.2) is 0 Å². The lowest BCUT2D eigenvalue weighted by atomic mass is 10.1. The first-order valence-electron chi connectivity index (χ1n) is 5.78. The maximum atomic E-state index is 8.73. The first kappa shape index (κ1) is 11.8. The lowest BCUT2D eigenvalue weighted by Gasteiger charge is -2.27. The third-order valence-corrected chi connectivity index (χ3v) is 2.94. The van der Waals surface area contributed by atoms with Crippen molar-refractivity contribution in [3.05, 3.63) is 42.0 Å². The summed E-state index contributed by atoms with van der Waals surface area (Å²) in [5, 5.41) is 8.73. The Morgan fingerprint density at radius 3 is 2.53 bits per heavy atom. The summed E-state index contributed by atoms with van der Waals surface area (Å²) in [6, 6.07) is 9.70. The van der Waals surface area contributed by atoms with Crippen molar-refractivity contribution in [2.24, 2.45) is 0 Å². The smallest absolute Gasteiger partial charge is 0.0991 e. The van der Waals surface area contributed by atoms with Gasteiger partial charge in [-0.05, 0) is 23.3 Å². The molecule has 2 rings (SSSR count). The highest BCUT2D eigenvalue weighted by Gasteiger charge is 2.11. The van der Waals surface area contributed by atoms with Crippen molar-refractivity contribution < 1.29 is 4.74 Å². The molecule has 0 saturated carbocycles. The van der Waals surface area contributed by atoms with Gasteiger partial charge in [-0.15, -0.1) is 0 Å². The maximum absolute atomic E-state index is 8.73. The molecule has 1 saturated heterocycles. The summed E-state index contributed by atoms with van der Waals surface area (Å²) < 4.78 is 5.31. The number of benzene rings is 1. The summed E-state index contributed by atoms with van der Waals surface area (Å²) in [6.07, 6.45) is 0. The number of ether oxygens (including phenoxy) is 1. The normalized spacial score (nSPS) is 16.4. The van der Waals surface area contributed by atoms with Gasteiger partial charge < -0.3 is 4.74 Å². The summed E-state index contributed by atoms with van der Waals surface area (Å²) in [6.45, 7) is 8.53. The summed E-state index contributed by atoms with van der Waals surface area (Å²) in [5.41, 5.74) is 2.89. The van der Waals surface area contributed by atoms with Crippen LogP contribution in [0.3, 0.4) is 0 Å². The van der Waals surface area contributed by atoms with Crippen LogP contribution < -0.4 is 0 Å². The lowest BCUT2D eigenvalue weighted by Crippen LogP contribution is -2.37. The molecular weight excluding hydrogens is 212 g/mol. The first-order chi connectivity index (χ1) is 8.29. The molecule has 1 aliphatic rings. The summed E-state index contributed by atoms with van der Waals surface area (Å²) in [5.74, 6) is 0. The molecule has 0 radical (unpaired) electrons. The molecule has 0 bridgehead atoms. The van der Waals surface area contributed by atoms with E-state index in [0.29, 0.717) is 5.56 Å². The standard InChI is InChI=1S/C14H16N2O/c1-12(11-16-6-8-17-9-7-16)14-4-2-13(10-15)3-5-14/h2-5H,1,6-9,11H2. The van der Waals surface area contributed by atoms with Crippen molar-refractivity contribution in [2.45, 2.75) is 0 Å². The van der Waals surface area contributed by atoms with Crippen LogP contribution in [0.4, 0.5) is 0 Å². The van der Waals surface area contributed by atoms with Gasteiger partial charge in [-0.3, -0.25) is 4.90 Å². The molecule has 1 aromatic rings. The van der Waals surface area contributed by atoms with Gasteiger partial charge in [0.2, 0.25) is 0 Å². The molecule has 0 aliphatic carbocycles. The van der Waals surface area contributed by atoms with Crippen LogP contribution in [0.25, 0.3) is 5.57 Å². The molecule has 0 amide bonds. The van der Waals surface area contributed by atoms with E-state index in [0.717, 1.165) is 44.0 Å². The van der Waals surface area contributed by atoms with E-state index in [1.165, 1.54) is 0 Å². The van der Waals surface area contributed by atoms with E-state index < -0.39 is 0 Å². The Bertz CT molecular complexity index is 425. The lowest BCUT2D eigenvalue weighted by molar-refractivity contribution is 0.0444. The second kappa shape index (κ2) is 5.62. The van der Waals surface area contributed by atoms with Gasteiger partial charge in [0, 0.05) is 19.6 Å². The SMILES string of the molecule is C=C(CN1CCOCC1)c1ccc(C#N)cc1. The molecule has 1 aliphatic heterocycles. The zero-order valence-corrected chi connectivity index (χ0v) is 9.85. The van der Waals surface area contributed by atoms with Gasteiger partial charge in [0.1, 0.15) is 0 Å². The second-order valence-corrected chi connectivity index (χ2v) is 4.18. The van der Waals surface area contributed by atoms with Gasteiger partial charge in [0.15, 0.2) is 0 Å². The topological polar surface area (TPSA) is 36.3 Å². The van der Waals surface area contributed by atoms with E-state index in [1.807, 2.05) is 24.3 Å². The molecule has 0 aromatic heterocycles. The molecule has 3 nitrogen and oxygen atoms in total. The molecular formula is C14H16N2O. The number of hydrogen-bond acceptors (Lipinski definition) is 3. The van der Waals surface area contributed by atoms with Crippen LogP contribution in [-0.4, -0.2) is 37.7 Å². The molecule has 1 aromatic carbocycles. The largest absolute Gasteiger partial charge is 0.379 e. The maximum Gasteiger partial charge on any atom is 0.0991 e. The van der Waals surface area contributed by atoms with E-state index in [4.69, 9.17) is 10.00 Å². The number of nitrogens with zero attached hydrogens (tertiary/aromatic N) is 2. The minimum absolute atomic E-state index is 0.688. The summed E-state index contributed by atoms with van der Waals surface area (Å²) >= 11 is 0. The van der Waals surface area contributed by atoms with Crippen molar-refractivity contribution in [1.82, 2.24) is 4.90 Å². The van der Waals surface area contributed by atoms with Crippen LogP contribution in [-0.2, 0) is 4.74 Å². The molecule has 0 atom stereocenters. The molecule has 3 heteroatoms. The predicted octanol–water partition coefficient (Wildman–Crippen LogP) is 1.90. The quantitative estimate of drug-likeness (QED) is 0.792. The summed E-state index contributed by atoms with van der Waals surface area (Å²) in [7, 11) is 0. The van der Waals surface area contributed by atoms with Crippen LogP contribution in [0, 0.1) is 11.3 Å². The zero-order chi connectivity index (χ0) is 12.1. The Morgan fingerprint density at radius 1 is 1.29 bits per heavy atom. The van der Waals surface area contributed by atoms with Gasteiger partial charge >= 0.3 is 0 Å². The van der Waals surface area contributed by atoms with Crippen LogP contribution in [0.5, 0.6) is 0 Å². The van der Waals surface area contributed by atoms with Crippen molar-refractivity contribution in [1.29, 1.82) is 5.26 Å². The molecule has 17 heavy (non-hydrogen) atoms. The Hall–Kier alpha value is -1.63. The van der Waals surface area contributed by atoms with Crippen LogP contribution in [0.15, 0.2) is 30.8 Å². The Balaban J connectivity index is 1.96. The van der Waals surface area contributed by atoms with Gasteiger partial charge in [-0.2, -0.15) is 5.26 Å². The van der Waals surface area contributed by atoms with Crippen molar-refractivity contribution in [2.75, 3.05) is 32.8 Å². The predicted molar refractivity (Wildman–Crippen MR) is 67.5 cm³/mol. The van der Waals surface area contributed by atoms with Crippen LogP contribution in [0.1, 0.15) is 11.1 Å². The molecule has 0 spiro atoms. The third-order valence-electron chi connectivity index (χ3n) is 2.94. The van der Waals surface area contributed by atoms with Crippen LogP contribution >= 0.6 is 0 Å². The van der Waals surface area contributed by atoms with Crippen molar-refractivity contribution >= 4 is 5.57 Å². The first-order valence-corrected chi connectivity index (χ1v) is 5.78. The highest BCUT2D eigenvalue weighted by atomic mass is 16.5. The Kier molecular flexibility index (Phi) is 3.92. The van der Waals surface area contributed by atoms with Crippen molar-refractivity contribution in [3.8, 4) is 6.07 Å². The van der Waals surface area contributed by atoms with E-state index in [9.17, 15) is 0 Å². The number of hydrogen-bond donors (Lipinski definition) is 0. The fraction of sp³-hybridized carbons (Fsp3) is 0.357. The number of morpholine rings is 1. The van der Waals surface area contributed by atoms with E-state index in [2.05, 4.69) is 17.5 Å². The Morgan fingerprint density at radius 2 is 1.94 bits per heavy atom. The molecule has 0 N–H and O–H groups in total.